The zero-order valence-electron chi connectivity index (χ0n) is 42.3. The predicted molar refractivity (Wildman–Crippen MR) is 267 cm³/mol. The zero-order valence-corrected chi connectivity index (χ0v) is 43.1. The van der Waals surface area contributed by atoms with Crippen LogP contribution >= 0.6 is 0 Å². The molecule has 0 aromatic carbocycles. The standard InChI is InChI=1S/C53H102O12S/c1-3-5-7-9-11-13-15-17-19-21-23-24-25-26-28-30-32-34-36-38-40-42-49(55)63-47(46-62-53-51(57)52(65-66(58,59)60)50(56)48(44-54)64-53)45-61-43-41-39-37-35-33-31-29-27-22-20-18-16-14-12-10-8-6-4-2/h21,23,47-48,50-54,56-57H,3-20,22,24-46H2,1-2H3,(H,58,59,60)/b23-21-. The van der Waals surface area contributed by atoms with E-state index in [1.807, 2.05) is 0 Å². The number of esters is 1. The van der Waals surface area contributed by atoms with E-state index in [1.165, 1.54) is 193 Å². The van der Waals surface area contributed by atoms with E-state index in [0.29, 0.717) is 13.0 Å². The Morgan fingerprint density at radius 2 is 0.955 bits per heavy atom. The lowest BCUT2D eigenvalue weighted by Gasteiger charge is -2.41. The molecule has 1 heterocycles. The highest BCUT2D eigenvalue weighted by molar-refractivity contribution is 7.80. The zero-order chi connectivity index (χ0) is 48.2. The van der Waals surface area contributed by atoms with Gasteiger partial charge in [0.15, 0.2) is 6.29 Å². The Balaban J connectivity index is 2.32. The summed E-state index contributed by atoms with van der Waals surface area (Å²) in [6.45, 7) is 4.05. The molecule has 0 spiro atoms. The van der Waals surface area contributed by atoms with Crippen LogP contribution in [0.3, 0.4) is 0 Å². The highest BCUT2D eigenvalue weighted by Gasteiger charge is 2.48. The van der Waals surface area contributed by atoms with Crippen LogP contribution in [0.4, 0.5) is 0 Å². The first-order valence-corrected chi connectivity index (χ1v) is 28.8. The molecule has 0 bridgehead atoms. The van der Waals surface area contributed by atoms with Crippen molar-refractivity contribution >= 4 is 16.4 Å². The van der Waals surface area contributed by atoms with E-state index in [0.717, 1.165) is 38.5 Å². The van der Waals surface area contributed by atoms with Crippen molar-refractivity contribution in [3.8, 4) is 0 Å². The number of rotatable bonds is 49. The van der Waals surface area contributed by atoms with E-state index in [4.69, 9.17) is 18.9 Å². The highest BCUT2D eigenvalue weighted by atomic mass is 32.3. The molecule has 0 saturated carbocycles. The van der Waals surface area contributed by atoms with Gasteiger partial charge < -0.3 is 34.3 Å². The summed E-state index contributed by atoms with van der Waals surface area (Å²) < 4.78 is 59.3. The van der Waals surface area contributed by atoms with Crippen LogP contribution in [0.5, 0.6) is 0 Å². The average Bonchev–Trinajstić information content (AvgIpc) is 3.29. The van der Waals surface area contributed by atoms with Crippen LogP contribution in [0.1, 0.15) is 258 Å². The lowest BCUT2D eigenvalue weighted by molar-refractivity contribution is -0.301. The molecule has 1 aliphatic rings. The molecule has 0 aliphatic carbocycles. The van der Waals surface area contributed by atoms with E-state index < -0.39 is 59.8 Å². The Hall–Kier alpha value is -1.16. The SMILES string of the molecule is CCCCCCCCCC/C=C\CCCCCCCCCCCC(=O)OC(COCCCCCCCCCCCCCCCCCCCC)COC1OC(CO)C(O)C(OS(=O)(=O)O)C1O. The Morgan fingerprint density at radius 1 is 0.561 bits per heavy atom. The maximum absolute atomic E-state index is 12.9. The van der Waals surface area contributed by atoms with Crippen LogP contribution in [0.25, 0.3) is 0 Å². The summed E-state index contributed by atoms with van der Waals surface area (Å²) in [6.07, 6.45) is 42.4. The minimum atomic E-state index is -5.06. The van der Waals surface area contributed by atoms with Crippen LogP contribution in [0, 0.1) is 0 Å². The van der Waals surface area contributed by atoms with Crippen LogP contribution in [-0.2, 0) is 38.3 Å². The summed E-state index contributed by atoms with van der Waals surface area (Å²) in [4.78, 5) is 12.9. The third-order valence-electron chi connectivity index (χ3n) is 12.9. The molecule has 1 aliphatic heterocycles. The van der Waals surface area contributed by atoms with E-state index in [-0.39, 0.29) is 19.6 Å². The normalized spacial score (nSPS) is 19.5. The fourth-order valence-electron chi connectivity index (χ4n) is 8.73. The van der Waals surface area contributed by atoms with Gasteiger partial charge in [-0.3, -0.25) is 9.35 Å². The van der Waals surface area contributed by atoms with Crippen molar-refractivity contribution in [1.82, 2.24) is 0 Å². The number of carbonyl (C=O) groups is 1. The minimum Gasteiger partial charge on any atom is -0.457 e. The number of hydrogen-bond acceptors (Lipinski definition) is 11. The van der Waals surface area contributed by atoms with Gasteiger partial charge in [-0.1, -0.05) is 225 Å². The molecular weight excluding hydrogens is 861 g/mol. The first-order valence-electron chi connectivity index (χ1n) is 27.4. The van der Waals surface area contributed by atoms with Gasteiger partial charge in [-0.05, 0) is 38.5 Å². The molecule has 0 aromatic heterocycles. The van der Waals surface area contributed by atoms with Crippen molar-refractivity contribution in [2.45, 2.75) is 295 Å². The topological polar surface area (TPSA) is 178 Å². The fraction of sp³-hybridized carbons (Fsp3) is 0.943. The molecule has 12 nitrogen and oxygen atoms in total. The second kappa shape index (κ2) is 45.0. The van der Waals surface area contributed by atoms with Gasteiger partial charge in [-0.25, -0.2) is 4.18 Å². The summed E-state index contributed by atoms with van der Waals surface area (Å²) in [5, 5.41) is 30.8. The number of carbonyl (C=O) groups excluding carboxylic acids is 1. The van der Waals surface area contributed by atoms with Crippen molar-refractivity contribution < 1.29 is 56.2 Å². The van der Waals surface area contributed by atoms with Crippen molar-refractivity contribution in [2.24, 2.45) is 0 Å². The van der Waals surface area contributed by atoms with Crippen molar-refractivity contribution in [3.63, 3.8) is 0 Å². The van der Waals surface area contributed by atoms with Gasteiger partial charge in [-0.15, -0.1) is 0 Å². The number of allylic oxidation sites excluding steroid dienone is 2. The summed E-state index contributed by atoms with van der Waals surface area (Å²) in [5.41, 5.74) is 0. The molecular formula is C53H102O12S. The van der Waals surface area contributed by atoms with Gasteiger partial charge in [0, 0.05) is 13.0 Å². The Labute approximate surface area is 404 Å². The Kier molecular flexibility index (Phi) is 42.9. The number of hydrogen-bond donors (Lipinski definition) is 4. The Morgan fingerprint density at radius 3 is 1.36 bits per heavy atom. The largest absolute Gasteiger partial charge is 0.457 e. The lowest BCUT2D eigenvalue weighted by atomic mass is 9.99. The molecule has 66 heavy (non-hydrogen) atoms. The maximum Gasteiger partial charge on any atom is 0.397 e. The van der Waals surface area contributed by atoms with E-state index >= 15 is 0 Å². The number of ether oxygens (including phenoxy) is 4. The molecule has 1 rings (SSSR count). The molecule has 6 atom stereocenters. The Bertz CT molecular complexity index is 1200. The molecule has 1 saturated heterocycles. The van der Waals surface area contributed by atoms with Gasteiger partial charge in [0.05, 0.1) is 19.8 Å². The summed E-state index contributed by atoms with van der Waals surface area (Å²) in [7, 11) is -5.06. The second-order valence-corrected chi connectivity index (χ2v) is 20.2. The van der Waals surface area contributed by atoms with Gasteiger partial charge in [0.1, 0.15) is 30.5 Å². The van der Waals surface area contributed by atoms with Crippen LogP contribution < -0.4 is 0 Å². The quantitative estimate of drug-likeness (QED) is 0.0197. The van der Waals surface area contributed by atoms with Gasteiger partial charge in [0.2, 0.25) is 0 Å². The van der Waals surface area contributed by atoms with Gasteiger partial charge >= 0.3 is 16.4 Å². The molecule has 0 aromatic rings. The molecule has 0 radical (unpaired) electrons. The molecule has 0 amide bonds. The minimum absolute atomic E-state index is 0.0418. The third-order valence-corrected chi connectivity index (χ3v) is 13.4. The third kappa shape index (κ3) is 37.7. The predicted octanol–water partition coefficient (Wildman–Crippen LogP) is 13.0. The molecule has 13 heteroatoms. The first-order chi connectivity index (χ1) is 32.1. The van der Waals surface area contributed by atoms with Crippen molar-refractivity contribution in [1.29, 1.82) is 0 Å². The van der Waals surface area contributed by atoms with Gasteiger partial charge in [-0.2, -0.15) is 8.42 Å². The molecule has 6 unspecified atom stereocenters. The smallest absolute Gasteiger partial charge is 0.397 e. The molecule has 1 fully saturated rings. The summed E-state index contributed by atoms with van der Waals surface area (Å²) >= 11 is 0. The fourth-order valence-corrected chi connectivity index (χ4v) is 9.24. The van der Waals surface area contributed by atoms with Crippen LogP contribution in [-0.4, -0.2) is 97.5 Å². The van der Waals surface area contributed by atoms with E-state index in [9.17, 15) is 33.1 Å². The maximum atomic E-state index is 12.9. The molecule has 392 valence electrons. The summed E-state index contributed by atoms with van der Waals surface area (Å²) in [6, 6.07) is 0. The lowest BCUT2D eigenvalue weighted by Crippen LogP contribution is -2.60. The van der Waals surface area contributed by atoms with Gasteiger partial charge in [0.25, 0.3) is 0 Å². The second-order valence-electron chi connectivity index (χ2n) is 19.2. The highest BCUT2D eigenvalue weighted by Crippen LogP contribution is 2.26. The van der Waals surface area contributed by atoms with E-state index in [2.05, 4.69) is 30.2 Å². The van der Waals surface area contributed by atoms with Crippen LogP contribution in [0.15, 0.2) is 12.2 Å². The monoisotopic (exact) mass is 963 g/mol. The van der Waals surface area contributed by atoms with Crippen molar-refractivity contribution in [3.05, 3.63) is 12.2 Å². The average molecular weight is 963 g/mol. The van der Waals surface area contributed by atoms with Crippen LogP contribution in [0.2, 0.25) is 0 Å². The number of aliphatic hydroxyl groups excluding tert-OH is 3. The first kappa shape index (κ1) is 62.9. The number of unbranched alkanes of at least 4 members (excludes halogenated alkanes) is 34. The van der Waals surface area contributed by atoms with Crippen molar-refractivity contribution in [2.75, 3.05) is 26.4 Å². The number of aliphatic hydroxyl groups is 3. The van der Waals surface area contributed by atoms with E-state index in [1.54, 1.807) is 0 Å². The molecule has 4 N–H and O–H groups in total. The summed E-state index contributed by atoms with van der Waals surface area (Å²) in [5.74, 6) is -0.395.